The monoisotopic (exact) mass is 427 g/mol. The maximum atomic E-state index is 13.4. The van der Waals surface area contributed by atoms with Crippen LogP contribution in [-0.2, 0) is 14.4 Å². The number of carbonyl (C=O) groups is 3. The van der Waals surface area contributed by atoms with Crippen molar-refractivity contribution in [3.05, 3.63) is 64.3 Å². The van der Waals surface area contributed by atoms with Crippen LogP contribution < -0.4 is 10.2 Å². The van der Waals surface area contributed by atoms with Gasteiger partial charge < -0.3 is 15.3 Å². The zero-order chi connectivity index (χ0) is 22.0. The molecule has 3 rings (SSSR count). The summed E-state index contributed by atoms with van der Waals surface area (Å²) in [6.45, 7) is 3.16. The number of aliphatic hydroxyl groups excluding tert-OH is 1. The van der Waals surface area contributed by atoms with Crippen LogP contribution in [0, 0.1) is 6.92 Å². The number of hydrogen-bond donors (Lipinski definition) is 2. The Morgan fingerprint density at radius 2 is 1.80 bits per heavy atom. The first kappa shape index (κ1) is 21.5. The number of nitrogens with zero attached hydrogens (tertiary/aromatic N) is 2. The highest BCUT2D eigenvalue weighted by atomic mass is 35.5. The van der Waals surface area contributed by atoms with Crippen molar-refractivity contribution in [2.24, 2.45) is 0 Å². The highest BCUT2D eigenvalue weighted by molar-refractivity contribution is 6.46. The van der Waals surface area contributed by atoms with Crippen LogP contribution in [-0.4, -0.2) is 47.9 Å². The summed E-state index contributed by atoms with van der Waals surface area (Å²) in [6.07, 6.45) is 0. The first-order chi connectivity index (χ1) is 14.3. The standard InChI is InChI=1S/C22H22ClN3O4/c1-13-17(23)5-4-6-18(13)26-21(29)19(20(22(26)30)25(3)11-12-27)15-7-9-16(10-8-15)24-14(2)28/h4-10,27H,11-12H2,1-3H3,(H,24,28). The van der Waals surface area contributed by atoms with Crippen LogP contribution in [0.25, 0.3) is 5.57 Å². The second-order valence-corrected chi connectivity index (χ2v) is 7.36. The topological polar surface area (TPSA) is 90.0 Å². The molecular formula is C22H22ClN3O4. The lowest BCUT2D eigenvalue weighted by atomic mass is 10.0. The number of nitrogens with one attached hydrogen (secondary N) is 1. The minimum atomic E-state index is -0.484. The molecule has 1 aliphatic heterocycles. The fraction of sp³-hybridized carbons (Fsp3) is 0.227. The molecule has 30 heavy (non-hydrogen) atoms. The molecule has 0 saturated carbocycles. The summed E-state index contributed by atoms with van der Waals surface area (Å²) in [4.78, 5) is 40.7. The fourth-order valence-corrected chi connectivity index (χ4v) is 3.54. The molecule has 0 aliphatic carbocycles. The second kappa shape index (κ2) is 8.69. The number of amides is 3. The van der Waals surface area contributed by atoms with Crippen LogP contribution in [0.1, 0.15) is 18.1 Å². The van der Waals surface area contributed by atoms with Crippen molar-refractivity contribution in [3.63, 3.8) is 0 Å². The molecule has 0 aromatic heterocycles. The van der Waals surface area contributed by atoms with Gasteiger partial charge in [-0.2, -0.15) is 0 Å². The zero-order valence-electron chi connectivity index (χ0n) is 16.9. The summed E-state index contributed by atoms with van der Waals surface area (Å²) in [5.41, 5.74) is 2.57. The number of carbonyl (C=O) groups excluding carboxylic acids is 3. The fourth-order valence-electron chi connectivity index (χ4n) is 3.37. The Labute approximate surface area is 179 Å². The van der Waals surface area contributed by atoms with Gasteiger partial charge in [0.2, 0.25) is 5.91 Å². The zero-order valence-corrected chi connectivity index (χ0v) is 17.7. The van der Waals surface area contributed by atoms with E-state index in [1.807, 2.05) is 0 Å². The quantitative estimate of drug-likeness (QED) is 0.692. The van der Waals surface area contributed by atoms with Crippen molar-refractivity contribution in [1.82, 2.24) is 4.90 Å². The van der Waals surface area contributed by atoms with Gasteiger partial charge in [0.05, 0.1) is 17.9 Å². The van der Waals surface area contributed by atoms with E-state index in [-0.39, 0.29) is 30.3 Å². The molecule has 1 heterocycles. The Balaban J connectivity index is 2.11. The van der Waals surface area contributed by atoms with Crippen LogP contribution >= 0.6 is 11.6 Å². The number of halogens is 1. The van der Waals surface area contributed by atoms with Crippen LogP contribution in [0.4, 0.5) is 11.4 Å². The summed E-state index contributed by atoms with van der Waals surface area (Å²) in [5, 5.41) is 12.5. The van der Waals surface area contributed by atoms with E-state index in [4.69, 9.17) is 11.6 Å². The highest BCUT2D eigenvalue weighted by Gasteiger charge is 2.42. The van der Waals surface area contributed by atoms with Crippen LogP contribution in [0.5, 0.6) is 0 Å². The molecule has 0 bridgehead atoms. The van der Waals surface area contributed by atoms with Crippen molar-refractivity contribution in [2.75, 3.05) is 30.4 Å². The Morgan fingerprint density at radius 3 is 2.40 bits per heavy atom. The van der Waals surface area contributed by atoms with Gasteiger partial charge in [0.15, 0.2) is 0 Å². The molecule has 0 atom stereocenters. The molecule has 0 unspecified atom stereocenters. The third kappa shape index (κ3) is 3.94. The Morgan fingerprint density at radius 1 is 1.13 bits per heavy atom. The number of hydrogen-bond acceptors (Lipinski definition) is 5. The van der Waals surface area contributed by atoms with Gasteiger partial charge in [0, 0.05) is 31.2 Å². The molecule has 3 amide bonds. The van der Waals surface area contributed by atoms with Crippen molar-refractivity contribution in [1.29, 1.82) is 0 Å². The summed E-state index contributed by atoms with van der Waals surface area (Å²) in [7, 11) is 1.65. The van der Waals surface area contributed by atoms with Crippen LogP contribution in [0.15, 0.2) is 48.2 Å². The smallest absolute Gasteiger partial charge is 0.282 e. The van der Waals surface area contributed by atoms with Gasteiger partial charge in [0.25, 0.3) is 11.8 Å². The number of likely N-dealkylation sites (N-methyl/N-ethyl adjacent to an activating group) is 1. The third-order valence-corrected chi connectivity index (χ3v) is 5.26. The van der Waals surface area contributed by atoms with Gasteiger partial charge >= 0.3 is 0 Å². The first-order valence-corrected chi connectivity index (χ1v) is 9.72. The minimum Gasteiger partial charge on any atom is -0.395 e. The largest absolute Gasteiger partial charge is 0.395 e. The molecule has 1 aliphatic rings. The van der Waals surface area contributed by atoms with Gasteiger partial charge in [-0.05, 0) is 42.3 Å². The summed E-state index contributed by atoms with van der Waals surface area (Å²) >= 11 is 6.21. The normalized spacial score (nSPS) is 13.8. The SMILES string of the molecule is CC(=O)Nc1ccc(C2=C(N(C)CCO)C(=O)N(c3cccc(Cl)c3C)C2=O)cc1. The van der Waals surface area contributed by atoms with Crippen LogP contribution in [0.3, 0.4) is 0 Å². The van der Waals surface area contributed by atoms with E-state index in [0.717, 1.165) is 4.90 Å². The Kier molecular flexibility index (Phi) is 6.24. The summed E-state index contributed by atoms with van der Waals surface area (Å²) < 4.78 is 0. The van der Waals surface area contributed by atoms with Gasteiger partial charge in [-0.3, -0.25) is 14.4 Å². The van der Waals surface area contributed by atoms with E-state index in [1.165, 1.54) is 6.92 Å². The van der Waals surface area contributed by atoms with E-state index in [1.54, 1.807) is 61.3 Å². The van der Waals surface area contributed by atoms with Gasteiger partial charge in [-0.15, -0.1) is 0 Å². The van der Waals surface area contributed by atoms with E-state index >= 15 is 0 Å². The average Bonchev–Trinajstić information content (AvgIpc) is 2.95. The number of rotatable bonds is 6. The Bertz CT molecular complexity index is 1050. The minimum absolute atomic E-state index is 0.174. The molecule has 2 aromatic carbocycles. The lowest BCUT2D eigenvalue weighted by molar-refractivity contribution is -0.120. The third-order valence-electron chi connectivity index (χ3n) is 4.85. The molecular weight excluding hydrogens is 406 g/mol. The van der Waals surface area contributed by atoms with Crippen molar-refractivity contribution < 1.29 is 19.5 Å². The predicted octanol–water partition coefficient (Wildman–Crippen LogP) is 2.82. The first-order valence-electron chi connectivity index (χ1n) is 9.34. The maximum absolute atomic E-state index is 13.4. The van der Waals surface area contributed by atoms with E-state index in [0.29, 0.717) is 27.5 Å². The predicted molar refractivity (Wildman–Crippen MR) is 116 cm³/mol. The molecule has 2 aromatic rings. The molecule has 0 saturated heterocycles. The molecule has 0 spiro atoms. The lowest BCUT2D eigenvalue weighted by Gasteiger charge is -2.21. The van der Waals surface area contributed by atoms with E-state index in [2.05, 4.69) is 5.32 Å². The van der Waals surface area contributed by atoms with Gasteiger partial charge in [-0.25, -0.2) is 4.90 Å². The number of imide groups is 1. The van der Waals surface area contributed by atoms with Gasteiger partial charge in [0.1, 0.15) is 5.70 Å². The van der Waals surface area contributed by atoms with Crippen molar-refractivity contribution >= 4 is 46.3 Å². The summed E-state index contributed by atoms with van der Waals surface area (Å²) in [6, 6.07) is 11.7. The lowest BCUT2D eigenvalue weighted by Crippen LogP contribution is -2.35. The number of aliphatic hydroxyl groups is 1. The Hall–Kier alpha value is -3.16. The highest BCUT2D eigenvalue weighted by Crippen LogP contribution is 2.37. The van der Waals surface area contributed by atoms with Crippen LogP contribution in [0.2, 0.25) is 5.02 Å². The van der Waals surface area contributed by atoms with Gasteiger partial charge in [-0.1, -0.05) is 29.8 Å². The van der Waals surface area contributed by atoms with Crippen molar-refractivity contribution in [2.45, 2.75) is 13.8 Å². The second-order valence-electron chi connectivity index (χ2n) is 6.96. The van der Waals surface area contributed by atoms with Crippen molar-refractivity contribution in [3.8, 4) is 0 Å². The van der Waals surface area contributed by atoms with E-state index < -0.39 is 11.8 Å². The molecule has 0 fully saturated rings. The number of benzene rings is 2. The molecule has 156 valence electrons. The molecule has 2 N–H and O–H groups in total. The molecule has 7 nitrogen and oxygen atoms in total. The van der Waals surface area contributed by atoms with E-state index in [9.17, 15) is 19.5 Å². The average molecular weight is 428 g/mol. The number of anilines is 2. The molecule has 0 radical (unpaired) electrons. The molecule has 8 heteroatoms. The maximum Gasteiger partial charge on any atom is 0.282 e. The summed E-state index contributed by atoms with van der Waals surface area (Å²) in [5.74, 6) is -1.17.